The van der Waals surface area contributed by atoms with Gasteiger partial charge >= 0.3 is 0 Å². The first-order valence-electron chi connectivity index (χ1n) is 10.9. The van der Waals surface area contributed by atoms with Crippen molar-refractivity contribution >= 4 is 0 Å². The van der Waals surface area contributed by atoms with Gasteiger partial charge in [-0.2, -0.15) is 0 Å². The fourth-order valence-corrected chi connectivity index (χ4v) is 3.57. The number of unbranched alkanes of at least 4 members (excludes halogenated alkanes) is 13. The molecule has 0 aromatic heterocycles. The van der Waals surface area contributed by atoms with E-state index in [0.717, 1.165) is 19.3 Å². The van der Waals surface area contributed by atoms with E-state index in [0.29, 0.717) is 0 Å². The molecule has 3 N–H and O–H groups in total. The second-order valence-corrected chi connectivity index (χ2v) is 8.45. The van der Waals surface area contributed by atoms with Gasteiger partial charge in [-0.25, -0.2) is 0 Å². The highest BCUT2D eigenvalue weighted by Crippen LogP contribution is 2.29. The number of rotatable bonds is 17. The maximum Gasteiger partial charge on any atom is 0.0818 e. The average Bonchev–Trinajstić information content (AvgIpc) is 2.53. The maximum atomic E-state index is 10.6. The van der Waals surface area contributed by atoms with Crippen molar-refractivity contribution < 1.29 is 5.11 Å². The van der Waals surface area contributed by atoms with Gasteiger partial charge in [0.1, 0.15) is 0 Å². The topological polar surface area (TPSA) is 46.2 Å². The van der Waals surface area contributed by atoms with E-state index in [1.807, 2.05) is 20.8 Å². The van der Waals surface area contributed by atoms with Crippen molar-refractivity contribution in [1.82, 2.24) is 0 Å². The molecule has 0 amide bonds. The Bertz CT molecular complexity index is 272. The predicted molar refractivity (Wildman–Crippen MR) is 108 cm³/mol. The highest BCUT2D eigenvalue weighted by Gasteiger charge is 2.38. The molecule has 2 heteroatoms. The molecule has 2 nitrogen and oxygen atoms in total. The van der Waals surface area contributed by atoms with Gasteiger partial charge in [-0.3, -0.25) is 0 Å². The summed E-state index contributed by atoms with van der Waals surface area (Å²) in [5.74, 6) is 0. The average molecular weight is 342 g/mol. The Labute approximate surface area is 153 Å². The molecular weight excluding hydrogens is 294 g/mol. The van der Waals surface area contributed by atoms with Crippen LogP contribution in [0.1, 0.15) is 130 Å². The van der Waals surface area contributed by atoms with Crippen molar-refractivity contribution in [3.8, 4) is 0 Å². The lowest BCUT2D eigenvalue weighted by atomic mass is 9.77. The van der Waals surface area contributed by atoms with Crippen molar-refractivity contribution in [3.63, 3.8) is 0 Å². The Kier molecular flexibility index (Phi) is 14.1. The summed E-state index contributed by atoms with van der Waals surface area (Å²) >= 11 is 0. The third kappa shape index (κ3) is 11.5. The lowest BCUT2D eigenvalue weighted by Crippen LogP contribution is -2.56. The first-order chi connectivity index (χ1) is 11.4. The molecule has 0 bridgehead atoms. The van der Waals surface area contributed by atoms with Crippen LogP contribution in [-0.4, -0.2) is 16.2 Å². The van der Waals surface area contributed by atoms with E-state index in [4.69, 9.17) is 5.73 Å². The van der Waals surface area contributed by atoms with Gasteiger partial charge in [0.05, 0.1) is 5.60 Å². The zero-order valence-electron chi connectivity index (χ0n) is 17.3. The third-order valence-corrected chi connectivity index (χ3v) is 5.73. The van der Waals surface area contributed by atoms with Gasteiger partial charge in [-0.15, -0.1) is 0 Å². The summed E-state index contributed by atoms with van der Waals surface area (Å²) in [4.78, 5) is 0. The Hall–Kier alpha value is -0.0800. The van der Waals surface area contributed by atoms with Crippen LogP contribution in [0.5, 0.6) is 0 Å². The molecule has 146 valence electrons. The molecule has 0 radical (unpaired) electrons. The predicted octanol–water partition coefficient (Wildman–Crippen LogP) is 6.74. The van der Waals surface area contributed by atoms with Gasteiger partial charge in [0.15, 0.2) is 0 Å². The van der Waals surface area contributed by atoms with Crippen LogP contribution >= 0.6 is 0 Å². The molecule has 0 aromatic carbocycles. The summed E-state index contributed by atoms with van der Waals surface area (Å²) in [6.45, 7) is 8.21. The molecule has 0 spiro atoms. The molecule has 0 aliphatic heterocycles. The number of nitrogens with two attached hydrogens (primary N) is 1. The number of hydrogen-bond donors (Lipinski definition) is 2. The van der Waals surface area contributed by atoms with Crippen LogP contribution in [-0.2, 0) is 0 Å². The van der Waals surface area contributed by atoms with Gasteiger partial charge < -0.3 is 10.8 Å². The van der Waals surface area contributed by atoms with Gasteiger partial charge in [-0.1, -0.05) is 104 Å². The van der Waals surface area contributed by atoms with Gasteiger partial charge in [-0.05, 0) is 26.7 Å². The lowest BCUT2D eigenvalue weighted by Gasteiger charge is -2.39. The summed E-state index contributed by atoms with van der Waals surface area (Å²) in [5.41, 5.74) is 4.92. The van der Waals surface area contributed by atoms with Gasteiger partial charge in [0.25, 0.3) is 0 Å². The zero-order valence-corrected chi connectivity index (χ0v) is 17.3. The third-order valence-electron chi connectivity index (χ3n) is 5.73. The second kappa shape index (κ2) is 14.1. The molecule has 1 unspecified atom stereocenters. The zero-order chi connectivity index (χ0) is 18.3. The molecule has 24 heavy (non-hydrogen) atoms. The highest BCUT2D eigenvalue weighted by atomic mass is 16.3. The van der Waals surface area contributed by atoms with Crippen molar-refractivity contribution in [2.75, 3.05) is 0 Å². The summed E-state index contributed by atoms with van der Waals surface area (Å²) < 4.78 is 0. The largest absolute Gasteiger partial charge is 0.388 e. The normalized spacial score (nSPS) is 14.8. The summed E-state index contributed by atoms with van der Waals surface area (Å²) in [6.07, 6.45) is 20.7. The SMILES string of the molecule is CCCCCCCCCCCCCCCCC(O)(CC)C(C)(C)N. The fraction of sp³-hybridized carbons (Fsp3) is 1.00. The number of aliphatic hydroxyl groups is 1. The van der Waals surface area contributed by atoms with Crippen LogP contribution in [0, 0.1) is 0 Å². The van der Waals surface area contributed by atoms with Crippen LogP contribution in [0.3, 0.4) is 0 Å². The minimum atomic E-state index is -0.704. The van der Waals surface area contributed by atoms with Crippen LogP contribution in [0.15, 0.2) is 0 Å². The first kappa shape index (κ1) is 23.9. The summed E-state index contributed by atoms with van der Waals surface area (Å²) in [6, 6.07) is 0. The molecule has 0 fully saturated rings. The van der Waals surface area contributed by atoms with E-state index in [2.05, 4.69) is 6.92 Å². The number of hydrogen-bond acceptors (Lipinski definition) is 2. The molecule has 0 saturated carbocycles. The molecule has 0 rings (SSSR count). The highest BCUT2D eigenvalue weighted by molar-refractivity contribution is 4.96. The minimum absolute atomic E-state index is 0.502. The van der Waals surface area contributed by atoms with Crippen molar-refractivity contribution in [1.29, 1.82) is 0 Å². The van der Waals surface area contributed by atoms with Crippen LogP contribution < -0.4 is 5.73 Å². The standard InChI is InChI=1S/C22H47NO/c1-5-7-8-9-10-11-12-13-14-15-16-17-18-19-20-22(24,6-2)21(3,4)23/h24H,5-20,23H2,1-4H3. The summed E-state index contributed by atoms with van der Waals surface area (Å²) in [7, 11) is 0. The van der Waals surface area contributed by atoms with Crippen LogP contribution in [0.25, 0.3) is 0 Å². The molecule has 0 aliphatic carbocycles. The molecule has 0 heterocycles. The van der Waals surface area contributed by atoms with E-state index in [1.54, 1.807) is 0 Å². The molecule has 1 atom stereocenters. The molecule has 0 saturated heterocycles. The quantitative estimate of drug-likeness (QED) is 0.288. The Morgan fingerprint density at radius 1 is 0.625 bits per heavy atom. The minimum Gasteiger partial charge on any atom is -0.388 e. The van der Waals surface area contributed by atoms with E-state index < -0.39 is 11.1 Å². The van der Waals surface area contributed by atoms with Crippen LogP contribution in [0.4, 0.5) is 0 Å². The van der Waals surface area contributed by atoms with E-state index in [-0.39, 0.29) is 0 Å². The van der Waals surface area contributed by atoms with Crippen LogP contribution in [0.2, 0.25) is 0 Å². The van der Waals surface area contributed by atoms with Crippen molar-refractivity contribution in [3.05, 3.63) is 0 Å². The second-order valence-electron chi connectivity index (χ2n) is 8.45. The van der Waals surface area contributed by atoms with E-state index >= 15 is 0 Å². The fourth-order valence-electron chi connectivity index (χ4n) is 3.57. The van der Waals surface area contributed by atoms with Crippen molar-refractivity contribution in [2.45, 2.75) is 142 Å². The summed E-state index contributed by atoms with van der Waals surface area (Å²) in [5, 5.41) is 10.6. The Morgan fingerprint density at radius 2 is 0.958 bits per heavy atom. The molecule has 0 aliphatic rings. The van der Waals surface area contributed by atoms with Crippen molar-refractivity contribution in [2.24, 2.45) is 5.73 Å². The Morgan fingerprint density at radius 3 is 1.25 bits per heavy atom. The van der Waals surface area contributed by atoms with E-state index in [1.165, 1.54) is 83.5 Å². The molecular formula is C22H47NO. The van der Waals surface area contributed by atoms with Gasteiger partial charge in [0.2, 0.25) is 0 Å². The monoisotopic (exact) mass is 341 g/mol. The van der Waals surface area contributed by atoms with Gasteiger partial charge in [0, 0.05) is 5.54 Å². The maximum absolute atomic E-state index is 10.6. The van der Waals surface area contributed by atoms with E-state index in [9.17, 15) is 5.11 Å². The Balaban J connectivity index is 3.37. The lowest BCUT2D eigenvalue weighted by molar-refractivity contribution is -0.0341. The first-order valence-corrected chi connectivity index (χ1v) is 10.9. The molecule has 0 aromatic rings. The smallest absolute Gasteiger partial charge is 0.0818 e.